The highest BCUT2D eigenvalue weighted by atomic mass is 16.3. The maximum atomic E-state index is 9.53. The minimum Gasteiger partial charge on any atom is -0.390 e. The average Bonchev–Trinajstić information content (AvgIpc) is 2.31. The van der Waals surface area contributed by atoms with Crippen LogP contribution in [-0.4, -0.2) is 25.5 Å². The number of aromatic nitrogens is 3. The third kappa shape index (κ3) is 2.30. The lowest BCUT2D eigenvalue weighted by Crippen LogP contribution is -2.24. The molecule has 0 fully saturated rings. The van der Waals surface area contributed by atoms with E-state index in [0.717, 1.165) is 12.4 Å². The monoisotopic (exact) mass is 169 g/mol. The number of aryl methyl sites for hydroxylation is 1. The van der Waals surface area contributed by atoms with E-state index < -0.39 is 5.60 Å². The molecule has 0 amide bonds. The van der Waals surface area contributed by atoms with Gasteiger partial charge in [-0.1, -0.05) is 0 Å². The van der Waals surface area contributed by atoms with Crippen LogP contribution in [0.2, 0.25) is 0 Å². The first kappa shape index (κ1) is 9.19. The molecule has 68 valence electrons. The fourth-order valence-electron chi connectivity index (χ4n) is 1.08. The second-order valence-electron chi connectivity index (χ2n) is 3.48. The van der Waals surface area contributed by atoms with E-state index in [1.165, 1.54) is 6.33 Å². The zero-order valence-electron chi connectivity index (χ0n) is 7.78. The molecule has 0 saturated carbocycles. The minimum atomic E-state index is -0.708. The Morgan fingerprint density at radius 3 is 2.75 bits per heavy atom. The van der Waals surface area contributed by atoms with Gasteiger partial charge in [-0.15, -0.1) is 0 Å². The Morgan fingerprint density at radius 2 is 2.25 bits per heavy atom. The van der Waals surface area contributed by atoms with Crippen molar-refractivity contribution in [3.63, 3.8) is 0 Å². The largest absolute Gasteiger partial charge is 0.390 e. The molecule has 0 unspecified atom stereocenters. The summed E-state index contributed by atoms with van der Waals surface area (Å²) >= 11 is 0. The highest BCUT2D eigenvalue weighted by Gasteiger charge is 2.16. The number of nitrogens with zero attached hydrogens (tertiary/aromatic N) is 3. The third-order valence-corrected chi connectivity index (χ3v) is 1.59. The van der Waals surface area contributed by atoms with Gasteiger partial charge in [0, 0.05) is 13.0 Å². The Bertz CT molecular complexity index is 249. The molecule has 0 spiro atoms. The lowest BCUT2D eigenvalue weighted by Gasteiger charge is -2.15. The van der Waals surface area contributed by atoms with Gasteiger partial charge in [0.25, 0.3) is 0 Å². The number of hydrogen-bond donors (Lipinski definition) is 1. The lowest BCUT2D eigenvalue weighted by molar-refractivity contribution is 0.0775. The molecule has 0 saturated heterocycles. The topological polar surface area (TPSA) is 50.9 Å². The molecule has 0 aliphatic rings. The molecule has 4 nitrogen and oxygen atoms in total. The van der Waals surface area contributed by atoms with Crippen LogP contribution in [0.5, 0.6) is 0 Å². The van der Waals surface area contributed by atoms with Crippen LogP contribution in [0.25, 0.3) is 0 Å². The van der Waals surface area contributed by atoms with Crippen molar-refractivity contribution in [3.8, 4) is 0 Å². The van der Waals surface area contributed by atoms with Gasteiger partial charge >= 0.3 is 0 Å². The van der Waals surface area contributed by atoms with Crippen molar-refractivity contribution in [2.45, 2.75) is 39.3 Å². The molecule has 12 heavy (non-hydrogen) atoms. The lowest BCUT2D eigenvalue weighted by atomic mass is 10.1. The van der Waals surface area contributed by atoms with Crippen LogP contribution >= 0.6 is 0 Å². The highest BCUT2D eigenvalue weighted by Crippen LogP contribution is 2.09. The number of aliphatic hydroxyl groups is 1. The van der Waals surface area contributed by atoms with Gasteiger partial charge in [0.15, 0.2) is 0 Å². The summed E-state index contributed by atoms with van der Waals surface area (Å²) in [6, 6.07) is 0. The number of rotatable bonds is 3. The summed E-state index contributed by atoms with van der Waals surface area (Å²) in [4.78, 5) is 4.06. The summed E-state index contributed by atoms with van der Waals surface area (Å²) in [6.45, 7) is 6.33. The maximum absolute atomic E-state index is 9.53. The molecule has 0 bridgehead atoms. The van der Waals surface area contributed by atoms with E-state index in [2.05, 4.69) is 10.1 Å². The van der Waals surface area contributed by atoms with E-state index in [1.54, 1.807) is 18.5 Å². The highest BCUT2D eigenvalue weighted by molar-refractivity contribution is 4.90. The van der Waals surface area contributed by atoms with Gasteiger partial charge in [0.1, 0.15) is 12.2 Å². The van der Waals surface area contributed by atoms with Crippen molar-refractivity contribution in [3.05, 3.63) is 12.2 Å². The molecule has 1 heterocycles. The first-order chi connectivity index (χ1) is 5.53. The predicted octanol–water partition coefficient (Wildman–Crippen LogP) is 0.611. The Balaban J connectivity index is 2.75. The summed E-state index contributed by atoms with van der Waals surface area (Å²) in [5.41, 5.74) is -0.708. The smallest absolute Gasteiger partial charge is 0.138 e. The molecule has 0 aromatic carbocycles. The Labute approximate surface area is 72.2 Å². The Kier molecular flexibility index (Phi) is 2.47. The third-order valence-electron chi connectivity index (χ3n) is 1.59. The zero-order valence-corrected chi connectivity index (χ0v) is 7.78. The van der Waals surface area contributed by atoms with Gasteiger partial charge in [0.2, 0.25) is 0 Å². The molecule has 1 aromatic heterocycles. The van der Waals surface area contributed by atoms with Crippen LogP contribution in [0.4, 0.5) is 0 Å². The van der Waals surface area contributed by atoms with Gasteiger partial charge in [-0.2, -0.15) is 5.10 Å². The normalized spacial score (nSPS) is 12.0. The fourth-order valence-corrected chi connectivity index (χ4v) is 1.08. The van der Waals surface area contributed by atoms with Crippen LogP contribution in [-0.2, 0) is 13.0 Å². The van der Waals surface area contributed by atoms with Gasteiger partial charge < -0.3 is 5.11 Å². The van der Waals surface area contributed by atoms with Crippen molar-refractivity contribution in [2.75, 3.05) is 0 Å². The van der Waals surface area contributed by atoms with Crippen LogP contribution in [0.3, 0.4) is 0 Å². The van der Waals surface area contributed by atoms with Crippen molar-refractivity contribution >= 4 is 0 Å². The Morgan fingerprint density at radius 1 is 1.58 bits per heavy atom. The first-order valence-electron chi connectivity index (χ1n) is 4.12. The quantitative estimate of drug-likeness (QED) is 0.721. The van der Waals surface area contributed by atoms with Crippen molar-refractivity contribution in [2.24, 2.45) is 0 Å². The second kappa shape index (κ2) is 3.23. The van der Waals surface area contributed by atoms with Gasteiger partial charge in [-0.05, 0) is 20.8 Å². The fraction of sp³-hybridized carbons (Fsp3) is 0.750. The molecular weight excluding hydrogens is 154 g/mol. The molecule has 1 N–H and O–H groups in total. The molecule has 1 rings (SSSR count). The van der Waals surface area contributed by atoms with Crippen LogP contribution in [0.15, 0.2) is 6.33 Å². The standard InChI is InChI=1S/C8H15N3O/c1-4-11-7(9-6-10-11)5-8(2,3)12/h6,12H,4-5H2,1-3H3. The van der Waals surface area contributed by atoms with E-state index in [-0.39, 0.29) is 0 Å². The van der Waals surface area contributed by atoms with E-state index in [9.17, 15) is 5.11 Å². The van der Waals surface area contributed by atoms with Crippen LogP contribution in [0, 0.1) is 0 Å². The summed E-state index contributed by atoms with van der Waals surface area (Å²) in [5, 5.41) is 13.5. The average molecular weight is 169 g/mol. The van der Waals surface area contributed by atoms with Crippen molar-refractivity contribution in [1.29, 1.82) is 0 Å². The van der Waals surface area contributed by atoms with Crippen LogP contribution < -0.4 is 0 Å². The number of hydrogen-bond acceptors (Lipinski definition) is 3. The van der Waals surface area contributed by atoms with E-state index in [4.69, 9.17) is 0 Å². The molecule has 4 heteroatoms. The van der Waals surface area contributed by atoms with E-state index >= 15 is 0 Å². The summed E-state index contributed by atoms with van der Waals surface area (Å²) < 4.78 is 1.79. The molecule has 0 aliphatic carbocycles. The van der Waals surface area contributed by atoms with Crippen molar-refractivity contribution in [1.82, 2.24) is 14.8 Å². The second-order valence-corrected chi connectivity index (χ2v) is 3.48. The molecule has 0 aliphatic heterocycles. The van der Waals surface area contributed by atoms with E-state index in [1.807, 2.05) is 6.92 Å². The SMILES string of the molecule is CCn1ncnc1CC(C)(C)O. The zero-order chi connectivity index (χ0) is 9.19. The molecule has 0 radical (unpaired) electrons. The maximum Gasteiger partial charge on any atom is 0.138 e. The molecular formula is C8H15N3O. The van der Waals surface area contributed by atoms with Gasteiger partial charge in [-0.25, -0.2) is 4.98 Å². The summed E-state index contributed by atoms with van der Waals surface area (Å²) in [5.74, 6) is 0.838. The summed E-state index contributed by atoms with van der Waals surface area (Å²) in [6.07, 6.45) is 2.06. The first-order valence-corrected chi connectivity index (χ1v) is 4.12. The Hall–Kier alpha value is -0.900. The summed E-state index contributed by atoms with van der Waals surface area (Å²) in [7, 11) is 0. The van der Waals surface area contributed by atoms with E-state index in [0.29, 0.717) is 6.42 Å². The van der Waals surface area contributed by atoms with Crippen LogP contribution in [0.1, 0.15) is 26.6 Å². The predicted molar refractivity (Wildman–Crippen MR) is 45.7 cm³/mol. The minimum absolute atomic E-state index is 0.542. The molecule has 1 aromatic rings. The van der Waals surface area contributed by atoms with Crippen molar-refractivity contribution < 1.29 is 5.11 Å². The van der Waals surface area contributed by atoms with Gasteiger partial charge in [-0.3, -0.25) is 4.68 Å². The van der Waals surface area contributed by atoms with Gasteiger partial charge in [0.05, 0.1) is 5.60 Å². The molecule has 0 atom stereocenters.